The van der Waals surface area contributed by atoms with E-state index in [4.69, 9.17) is 10.5 Å². The Morgan fingerprint density at radius 3 is 1.92 bits per heavy atom. The molecule has 0 radical (unpaired) electrons. The molecule has 0 aliphatic rings. The molecular formula is C10H8N2. The third-order valence-corrected chi connectivity index (χ3v) is 1.66. The van der Waals surface area contributed by atoms with Crippen LogP contribution < -0.4 is 0 Å². The summed E-state index contributed by atoms with van der Waals surface area (Å²) in [7, 11) is 0. The fourth-order valence-electron chi connectivity index (χ4n) is 1.03. The van der Waals surface area contributed by atoms with Crippen molar-refractivity contribution in [2.24, 2.45) is 0 Å². The molecule has 58 valence electrons. The minimum Gasteiger partial charge on any atom is -0.192 e. The van der Waals surface area contributed by atoms with E-state index in [2.05, 4.69) is 0 Å². The lowest BCUT2D eigenvalue weighted by molar-refractivity contribution is 1.13. The molecule has 0 amide bonds. The summed E-state index contributed by atoms with van der Waals surface area (Å²) in [5.41, 5.74) is 2.16. The van der Waals surface area contributed by atoms with Crippen LogP contribution in [0.3, 0.4) is 0 Å². The van der Waals surface area contributed by atoms with E-state index in [0.29, 0.717) is 11.1 Å². The predicted octanol–water partition coefficient (Wildman–Crippen LogP) is 1.99. The second-order valence-electron chi connectivity index (χ2n) is 2.50. The lowest BCUT2D eigenvalue weighted by atomic mass is 10.1. The second-order valence-corrected chi connectivity index (χ2v) is 2.50. The molecule has 1 aromatic carbocycles. The van der Waals surface area contributed by atoms with Crippen LogP contribution >= 0.6 is 0 Å². The molecule has 0 aromatic heterocycles. The molecule has 0 atom stereocenters. The molecule has 1 rings (SSSR count). The molecule has 0 saturated carbocycles. The molecule has 0 aliphatic heterocycles. The monoisotopic (exact) mass is 156 g/mol. The van der Waals surface area contributed by atoms with Crippen molar-refractivity contribution in [1.29, 1.82) is 10.5 Å². The van der Waals surface area contributed by atoms with Crippen LogP contribution in [-0.4, -0.2) is 0 Å². The fourth-order valence-corrected chi connectivity index (χ4v) is 1.03. The maximum Gasteiger partial charge on any atom is 0.0992 e. The van der Waals surface area contributed by atoms with Crippen LogP contribution in [0.5, 0.6) is 0 Å². The first kappa shape index (κ1) is 8.30. The Kier molecular flexibility index (Phi) is 2.46. The van der Waals surface area contributed by atoms with Crippen LogP contribution in [-0.2, 0) is 6.42 Å². The highest BCUT2D eigenvalue weighted by Gasteiger charge is 1.97. The second kappa shape index (κ2) is 3.55. The number of aryl methyl sites for hydroxylation is 1. The maximum atomic E-state index is 8.62. The summed E-state index contributed by atoms with van der Waals surface area (Å²) in [6.07, 6.45) is 0.851. The lowest BCUT2D eigenvalue weighted by Gasteiger charge is -1.97. The summed E-state index contributed by atoms with van der Waals surface area (Å²) < 4.78 is 0. The number of nitrogens with zero attached hydrogens (tertiary/aromatic N) is 2. The van der Waals surface area contributed by atoms with Gasteiger partial charge in [0.05, 0.1) is 23.3 Å². The normalized spacial score (nSPS) is 8.58. The Morgan fingerprint density at radius 1 is 1.08 bits per heavy atom. The average molecular weight is 156 g/mol. The van der Waals surface area contributed by atoms with Gasteiger partial charge in [-0.3, -0.25) is 0 Å². The topological polar surface area (TPSA) is 47.6 Å². The largest absolute Gasteiger partial charge is 0.192 e. The first-order valence-corrected chi connectivity index (χ1v) is 3.74. The molecule has 0 aliphatic carbocycles. The quantitative estimate of drug-likeness (QED) is 0.624. The highest BCUT2D eigenvalue weighted by atomic mass is 14.3. The highest BCUT2D eigenvalue weighted by molar-refractivity contribution is 5.42. The Hall–Kier alpha value is -1.80. The summed E-state index contributed by atoms with van der Waals surface area (Å²) in [4.78, 5) is 0. The predicted molar refractivity (Wildman–Crippen MR) is 45.3 cm³/mol. The van der Waals surface area contributed by atoms with Gasteiger partial charge in [-0.05, 0) is 30.2 Å². The van der Waals surface area contributed by atoms with Crippen molar-refractivity contribution in [3.63, 3.8) is 0 Å². The standard InChI is InChI=1S/C10H8N2/c1-2-8-3-9(6-11)5-10(4-8)7-12/h3-5H,2H2,1H3. The summed E-state index contributed by atoms with van der Waals surface area (Å²) in [5, 5.41) is 17.2. The van der Waals surface area contributed by atoms with Crippen LogP contribution in [0.15, 0.2) is 18.2 Å². The molecule has 2 heteroatoms. The van der Waals surface area contributed by atoms with E-state index in [1.165, 1.54) is 0 Å². The number of benzene rings is 1. The van der Waals surface area contributed by atoms with Gasteiger partial charge in [-0.15, -0.1) is 0 Å². The van der Waals surface area contributed by atoms with Gasteiger partial charge in [0.2, 0.25) is 0 Å². The van der Waals surface area contributed by atoms with Gasteiger partial charge in [0.25, 0.3) is 0 Å². The maximum absolute atomic E-state index is 8.62. The van der Waals surface area contributed by atoms with Gasteiger partial charge in [-0.25, -0.2) is 0 Å². The number of rotatable bonds is 1. The third kappa shape index (κ3) is 1.62. The molecule has 0 fully saturated rings. The molecule has 0 saturated heterocycles. The van der Waals surface area contributed by atoms with Crippen LogP contribution in [0.4, 0.5) is 0 Å². The Labute approximate surface area is 71.7 Å². The summed E-state index contributed by atoms with van der Waals surface area (Å²) >= 11 is 0. The highest BCUT2D eigenvalue weighted by Crippen LogP contribution is 2.09. The van der Waals surface area contributed by atoms with Gasteiger partial charge >= 0.3 is 0 Å². The molecule has 0 spiro atoms. The van der Waals surface area contributed by atoms with E-state index in [-0.39, 0.29) is 0 Å². The molecule has 0 unspecified atom stereocenters. The minimum atomic E-state index is 0.561. The zero-order chi connectivity index (χ0) is 8.97. The zero-order valence-corrected chi connectivity index (χ0v) is 6.83. The smallest absolute Gasteiger partial charge is 0.0992 e. The summed E-state index contributed by atoms with van der Waals surface area (Å²) in [5.74, 6) is 0. The van der Waals surface area contributed by atoms with E-state index in [0.717, 1.165) is 12.0 Å². The minimum absolute atomic E-state index is 0.561. The van der Waals surface area contributed by atoms with Gasteiger partial charge in [-0.2, -0.15) is 10.5 Å². The van der Waals surface area contributed by atoms with Gasteiger partial charge < -0.3 is 0 Å². The summed E-state index contributed by atoms with van der Waals surface area (Å²) in [6.45, 7) is 2.00. The number of nitriles is 2. The number of hydrogen-bond donors (Lipinski definition) is 0. The Morgan fingerprint density at radius 2 is 1.58 bits per heavy atom. The van der Waals surface area contributed by atoms with Crippen molar-refractivity contribution in [2.45, 2.75) is 13.3 Å². The molecule has 0 heterocycles. The first-order chi connectivity index (χ1) is 5.80. The molecule has 1 aromatic rings. The third-order valence-electron chi connectivity index (χ3n) is 1.66. The number of hydrogen-bond acceptors (Lipinski definition) is 2. The van der Waals surface area contributed by atoms with Crippen molar-refractivity contribution in [2.75, 3.05) is 0 Å². The Balaban J connectivity index is 3.24. The first-order valence-electron chi connectivity index (χ1n) is 3.74. The van der Waals surface area contributed by atoms with Crippen molar-refractivity contribution in [1.82, 2.24) is 0 Å². The molecule has 12 heavy (non-hydrogen) atoms. The lowest BCUT2D eigenvalue weighted by Crippen LogP contribution is -1.85. The molecule has 0 bridgehead atoms. The molecular weight excluding hydrogens is 148 g/mol. The van der Waals surface area contributed by atoms with Crippen molar-refractivity contribution in [3.8, 4) is 12.1 Å². The van der Waals surface area contributed by atoms with Crippen molar-refractivity contribution < 1.29 is 0 Å². The van der Waals surface area contributed by atoms with E-state index >= 15 is 0 Å². The Bertz CT molecular complexity index is 334. The van der Waals surface area contributed by atoms with Gasteiger partial charge in [0.15, 0.2) is 0 Å². The zero-order valence-electron chi connectivity index (χ0n) is 6.83. The van der Waals surface area contributed by atoms with Crippen molar-refractivity contribution in [3.05, 3.63) is 34.9 Å². The average Bonchev–Trinajstić information content (AvgIpc) is 2.16. The van der Waals surface area contributed by atoms with E-state index in [1.807, 2.05) is 19.1 Å². The van der Waals surface area contributed by atoms with E-state index < -0.39 is 0 Å². The van der Waals surface area contributed by atoms with E-state index in [1.54, 1.807) is 18.2 Å². The van der Waals surface area contributed by atoms with Crippen LogP contribution in [0.2, 0.25) is 0 Å². The van der Waals surface area contributed by atoms with Crippen molar-refractivity contribution >= 4 is 0 Å². The summed E-state index contributed by atoms with van der Waals surface area (Å²) in [6, 6.07) is 9.26. The van der Waals surface area contributed by atoms with Crippen LogP contribution in [0, 0.1) is 22.7 Å². The SMILES string of the molecule is CCc1cc(C#N)cc(C#N)c1. The van der Waals surface area contributed by atoms with E-state index in [9.17, 15) is 0 Å². The van der Waals surface area contributed by atoms with Gasteiger partial charge in [-0.1, -0.05) is 6.92 Å². The van der Waals surface area contributed by atoms with Crippen LogP contribution in [0.1, 0.15) is 23.6 Å². The van der Waals surface area contributed by atoms with Crippen LogP contribution in [0.25, 0.3) is 0 Å². The molecule has 0 N–H and O–H groups in total. The fraction of sp³-hybridized carbons (Fsp3) is 0.200. The van der Waals surface area contributed by atoms with Gasteiger partial charge in [0, 0.05) is 0 Å². The van der Waals surface area contributed by atoms with Gasteiger partial charge in [0.1, 0.15) is 0 Å². The molecule has 2 nitrogen and oxygen atoms in total.